The number of nitro groups is 1. The number of anilines is 1. The number of amides is 1. The van der Waals surface area contributed by atoms with Gasteiger partial charge in [-0.05, 0) is 29.8 Å². The fraction of sp³-hybridized carbons (Fsp3) is 0.143. The number of nitro benzene ring substituents is 1. The van der Waals surface area contributed by atoms with Gasteiger partial charge in [0.15, 0.2) is 11.5 Å². The molecule has 0 fully saturated rings. The molecule has 0 aliphatic heterocycles. The standard InChI is InChI=1S/C21H17N5O7S2/c1-32-18-10-13(7-8-17(18)33-12-14-5-3-4-6-16(14)26(28)29)9-15(11-22)19(27)23-20-24-21(25-34-20)35(2,30)31/h3-10H,12H2,1-2H3,(H,23,24,25,27). The summed E-state index contributed by atoms with van der Waals surface area (Å²) in [7, 11) is -2.24. The number of benzene rings is 2. The van der Waals surface area contributed by atoms with Gasteiger partial charge in [0.25, 0.3) is 16.8 Å². The van der Waals surface area contributed by atoms with E-state index in [9.17, 15) is 28.6 Å². The molecule has 0 radical (unpaired) electrons. The average molecular weight is 516 g/mol. The highest BCUT2D eigenvalue weighted by Crippen LogP contribution is 2.31. The van der Waals surface area contributed by atoms with Crippen LogP contribution in [0.1, 0.15) is 11.1 Å². The maximum atomic E-state index is 12.5. The Hall–Kier alpha value is -4.35. The smallest absolute Gasteiger partial charge is 0.276 e. The molecule has 0 bridgehead atoms. The van der Waals surface area contributed by atoms with E-state index < -0.39 is 25.8 Å². The topological polar surface area (TPSA) is 174 Å². The van der Waals surface area contributed by atoms with Crippen molar-refractivity contribution >= 4 is 44.2 Å². The summed E-state index contributed by atoms with van der Waals surface area (Å²) in [6, 6.07) is 12.6. The van der Waals surface area contributed by atoms with Crippen LogP contribution in [0.2, 0.25) is 0 Å². The van der Waals surface area contributed by atoms with Gasteiger partial charge in [-0.25, -0.2) is 8.42 Å². The minimum Gasteiger partial charge on any atom is -0.493 e. The molecule has 1 aromatic heterocycles. The van der Waals surface area contributed by atoms with Gasteiger partial charge in [-0.15, -0.1) is 0 Å². The summed E-state index contributed by atoms with van der Waals surface area (Å²) >= 11 is 0.666. The Kier molecular flexibility index (Phi) is 7.74. The molecule has 1 N–H and O–H groups in total. The molecule has 12 nitrogen and oxygen atoms in total. The van der Waals surface area contributed by atoms with Gasteiger partial charge in [0, 0.05) is 23.9 Å². The Balaban J connectivity index is 1.77. The highest BCUT2D eigenvalue weighted by molar-refractivity contribution is 7.90. The Morgan fingerprint density at radius 1 is 1.29 bits per heavy atom. The molecule has 0 spiro atoms. The van der Waals surface area contributed by atoms with Crippen LogP contribution in [0.3, 0.4) is 0 Å². The number of hydrogen-bond acceptors (Lipinski definition) is 11. The molecule has 0 saturated carbocycles. The van der Waals surface area contributed by atoms with Crippen molar-refractivity contribution in [2.45, 2.75) is 11.8 Å². The van der Waals surface area contributed by atoms with E-state index in [1.54, 1.807) is 30.3 Å². The zero-order chi connectivity index (χ0) is 25.6. The number of sulfone groups is 1. The summed E-state index contributed by atoms with van der Waals surface area (Å²) in [5, 5.41) is 22.4. The molecular weight excluding hydrogens is 498 g/mol. The predicted octanol–water partition coefficient (Wildman–Crippen LogP) is 2.98. The summed E-state index contributed by atoms with van der Waals surface area (Å²) in [5.41, 5.74) is 0.454. The number of methoxy groups -OCH3 is 1. The van der Waals surface area contributed by atoms with Gasteiger partial charge >= 0.3 is 0 Å². The van der Waals surface area contributed by atoms with Crippen LogP contribution in [0.4, 0.5) is 10.8 Å². The summed E-state index contributed by atoms with van der Waals surface area (Å²) in [6.45, 7) is -0.0775. The molecule has 1 heterocycles. The maximum Gasteiger partial charge on any atom is 0.276 e. The van der Waals surface area contributed by atoms with Crippen LogP contribution in [0.5, 0.6) is 11.5 Å². The third-order valence-electron chi connectivity index (χ3n) is 4.39. The zero-order valence-electron chi connectivity index (χ0n) is 18.3. The largest absolute Gasteiger partial charge is 0.493 e. The molecule has 3 aromatic rings. The molecule has 180 valence electrons. The van der Waals surface area contributed by atoms with Gasteiger partial charge in [-0.3, -0.25) is 20.2 Å². The summed E-state index contributed by atoms with van der Waals surface area (Å²) in [6.07, 6.45) is 2.23. The van der Waals surface area contributed by atoms with E-state index >= 15 is 0 Å². The maximum absolute atomic E-state index is 12.5. The molecule has 0 atom stereocenters. The lowest BCUT2D eigenvalue weighted by atomic mass is 10.1. The first-order valence-corrected chi connectivity index (χ1v) is 12.3. The number of hydrogen-bond donors (Lipinski definition) is 1. The Morgan fingerprint density at radius 2 is 2.03 bits per heavy atom. The molecule has 2 aromatic carbocycles. The quantitative estimate of drug-likeness (QED) is 0.193. The van der Waals surface area contributed by atoms with Crippen LogP contribution in [-0.4, -0.2) is 42.0 Å². The van der Waals surface area contributed by atoms with E-state index in [0.29, 0.717) is 28.4 Å². The number of nitriles is 1. The van der Waals surface area contributed by atoms with Gasteiger partial charge < -0.3 is 9.47 Å². The third-order valence-corrected chi connectivity index (χ3v) is 5.99. The molecular formula is C21H17N5O7S2. The number of para-hydroxylation sites is 1. The first-order chi connectivity index (χ1) is 16.6. The van der Waals surface area contributed by atoms with Crippen molar-refractivity contribution in [2.24, 2.45) is 0 Å². The van der Waals surface area contributed by atoms with Gasteiger partial charge in [-0.2, -0.15) is 14.6 Å². The van der Waals surface area contributed by atoms with Crippen LogP contribution in [0.25, 0.3) is 6.08 Å². The van der Waals surface area contributed by atoms with E-state index in [0.717, 1.165) is 6.26 Å². The number of nitrogens with one attached hydrogen (secondary N) is 1. The van der Waals surface area contributed by atoms with Crippen molar-refractivity contribution in [2.75, 3.05) is 18.7 Å². The van der Waals surface area contributed by atoms with Crippen LogP contribution in [0.15, 0.2) is 53.2 Å². The van der Waals surface area contributed by atoms with E-state index in [1.807, 2.05) is 0 Å². The van der Waals surface area contributed by atoms with Crippen molar-refractivity contribution in [1.82, 2.24) is 9.36 Å². The molecule has 3 rings (SSSR count). The second-order valence-corrected chi connectivity index (χ2v) is 9.52. The van der Waals surface area contributed by atoms with E-state index in [4.69, 9.17) is 9.47 Å². The first-order valence-electron chi connectivity index (χ1n) is 9.62. The predicted molar refractivity (Wildman–Crippen MR) is 126 cm³/mol. The number of ether oxygens (including phenoxy) is 2. The van der Waals surface area contributed by atoms with E-state index in [2.05, 4.69) is 14.7 Å². The Bertz CT molecular complexity index is 1460. The molecule has 1 amide bonds. The fourth-order valence-corrected chi connectivity index (χ4v) is 4.19. The lowest BCUT2D eigenvalue weighted by Crippen LogP contribution is -2.13. The Labute approximate surface area is 203 Å². The Morgan fingerprint density at radius 3 is 2.66 bits per heavy atom. The van der Waals surface area contributed by atoms with Crippen LogP contribution < -0.4 is 14.8 Å². The molecule has 35 heavy (non-hydrogen) atoms. The van der Waals surface area contributed by atoms with E-state index in [1.165, 1.54) is 31.4 Å². The number of carbonyl (C=O) groups is 1. The average Bonchev–Trinajstić information content (AvgIpc) is 3.30. The monoisotopic (exact) mass is 515 g/mol. The molecule has 14 heteroatoms. The number of carbonyl (C=O) groups excluding carboxylic acids is 1. The first kappa shape index (κ1) is 25.3. The van der Waals surface area contributed by atoms with Crippen molar-refractivity contribution in [3.05, 3.63) is 69.3 Å². The lowest BCUT2D eigenvalue weighted by Gasteiger charge is -2.12. The molecule has 0 unspecified atom stereocenters. The molecule has 0 aliphatic rings. The van der Waals surface area contributed by atoms with Crippen molar-refractivity contribution in [3.63, 3.8) is 0 Å². The zero-order valence-corrected chi connectivity index (χ0v) is 19.9. The summed E-state index contributed by atoms with van der Waals surface area (Å²) in [4.78, 5) is 26.8. The fourth-order valence-electron chi connectivity index (χ4n) is 2.75. The minimum atomic E-state index is -3.64. The highest BCUT2D eigenvalue weighted by atomic mass is 32.2. The summed E-state index contributed by atoms with van der Waals surface area (Å²) in [5.74, 6) is -0.232. The van der Waals surface area contributed by atoms with E-state index in [-0.39, 0.29) is 28.7 Å². The number of rotatable bonds is 9. The molecule has 0 aliphatic carbocycles. The summed E-state index contributed by atoms with van der Waals surface area (Å²) < 4.78 is 37.6. The van der Waals surface area contributed by atoms with Crippen molar-refractivity contribution in [1.29, 1.82) is 5.26 Å². The number of aromatic nitrogens is 2. The lowest BCUT2D eigenvalue weighted by molar-refractivity contribution is -0.385. The highest BCUT2D eigenvalue weighted by Gasteiger charge is 2.18. The third kappa shape index (κ3) is 6.37. The SMILES string of the molecule is COc1cc(C=C(C#N)C(=O)Nc2nc(S(C)(=O)=O)ns2)ccc1OCc1ccccc1[N+](=O)[O-]. The minimum absolute atomic E-state index is 0.0743. The van der Waals surface area contributed by atoms with Crippen LogP contribution >= 0.6 is 11.5 Å². The van der Waals surface area contributed by atoms with Gasteiger partial charge in [0.1, 0.15) is 18.2 Å². The second-order valence-electron chi connectivity index (χ2n) is 6.86. The van der Waals surface area contributed by atoms with Crippen molar-refractivity contribution in [3.8, 4) is 17.6 Å². The second kappa shape index (κ2) is 10.7. The van der Waals surface area contributed by atoms with Crippen LogP contribution in [0, 0.1) is 21.4 Å². The van der Waals surface area contributed by atoms with Crippen LogP contribution in [-0.2, 0) is 21.2 Å². The van der Waals surface area contributed by atoms with Gasteiger partial charge in [0.2, 0.25) is 15.0 Å². The normalized spacial score (nSPS) is 11.4. The van der Waals surface area contributed by atoms with Gasteiger partial charge in [0.05, 0.1) is 17.6 Å². The molecule has 0 saturated heterocycles. The van der Waals surface area contributed by atoms with Gasteiger partial charge in [-0.1, -0.05) is 18.2 Å². The van der Waals surface area contributed by atoms with Crippen molar-refractivity contribution < 1.29 is 27.6 Å². The number of nitrogens with zero attached hydrogens (tertiary/aromatic N) is 4.